The molecule has 5 rings (SSSR count). The van der Waals surface area contributed by atoms with Gasteiger partial charge in [0.1, 0.15) is 10.9 Å². The molecule has 2 saturated heterocycles. The van der Waals surface area contributed by atoms with Crippen LogP contribution in [0.2, 0.25) is 10.0 Å². The van der Waals surface area contributed by atoms with Gasteiger partial charge in [0.25, 0.3) is 5.91 Å². The van der Waals surface area contributed by atoms with Gasteiger partial charge in [-0.15, -0.1) is 11.3 Å². The molecule has 16 heteroatoms. The van der Waals surface area contributed by atoms with Gasteiger partial charge in [0.05, 0.1) is 32.1 Å². The zero-order valence-electron chi connectivity index (χ0n) is 20.5. The number of hydrogen-bond acceptors (Lipinski definition) is 7. The van der Waals surface area contributed by atoms with Gasteiger partial charge in [0.15, 0.2) is 14.8 Å². The molecule has 39 heavy (non-hydrogen) atoms. The number of halogens is 5. The normalized spacial score (nSPS) is 21.2. The summed E-state index contributed by atoms with van der Waals surface area (Å²) in [5.74, 6) is 0.172. The number of nitrogens with one attached hydrogen (secondary N) is 1. The second kappa shape index (κ2) is 9.83. The lowest BCUT2D eigenvalue weighted by molar-refractivity contribution is -0.147. The van der Waals surface area contributed by atoms with Gasteiger partial charge in [-0.3, -0.25) is 4.79 Å². The molecular formula is C23H24Cl2F3N3O5S3. The van der Waals surface area contributed by atoms with Crippen LogP contribution in [0.25, 0.3) is 10.4 Å². The highest BCUT2D eigenvalue weighted by atomic mass is 35.5. The van der Waals surface area contributed by atoms with Crippen LogP contribution in [0.3, 0.4) is 0 Å². The number of nitrogens with zero attached hydrogens (tertiary/aromatic N) is 2. The fourth-order valence-electron chi connectivity index (χ4n) is 5.16. The molecule has 214 valence electrons. The molecule has 1 atom stereocenters. The number of benzene rings is 1. The number of sulfone groups is 1. The first kappa shape index (κ1) is 29.1. The number of carbonyl (C=O) groups is 1. The molecule has 3 fully saturated rings. The van der Waals surface area contributed by atoms with E-state index in [9.17, 15) is 34.8 Å². The van der Waals surface area contributed by atoms with Crippen molar-refractivity contribution < 1.29 is 34.8 Å². The van der Waals surface area contributed by atoms with Crippen LogP contribution in [0, 0.1) is 11.3 Å². The maximum absolute atomic E-state index is 13.2. The van der Waals surface area contributed by atoms with E-state index in [1.807, 2.05) is 0 Å². The number of aromatic nitrogens is 1. The Morgan fingerprint density at radius 1 is 1.23 bits per heavy atom. The summed E-state index contributed by atoms with van der Waals surface area (Å²) < 4.78 is 88.9. The van der Waals surface area contributed by atoms with Crippen molar-refractivity contribution in [3.8, 4) is 10.4 Å². The van der Waals surface area contributed by atoms with Crippen molar-refractivity contribution in [2.75, 3.05) is 24.6 Å². The zero-order valence-corrected chi connectivity index (χ0v) is 24.5. The minimum absolute atomic E-state index is 0.0692. The molecule has 3 heterocycles. The number of hydrogen-bond donors (Lipinski definition) is 1. The first-order chi connectivity index (χ1) is 18.0. The summed E-state index contributed by atoms with van der Waals surface area (Å²) in [5, 5.41) is -0.428. The lowest BCUT2D eigenvalue weighted by Gasteiger charge is -2.54. The van der Waals surface area contributed by atoms with Crippen LogP contribution in [0.15, 0.2) is 17.0 Å². The average Bonchev–Trinajstić information content (AvgIpc) is 3.16. The highest BCUT2D eigenvalue weighted by molar-refractivity contribution is 7.92. The van der Waals surface area contributed by atoms with Crippen LogP contribution in [-0.2, 0) is 26.3 Å². The van der Waals surface area contributed by atoms with E-state index in [4.69, 9.17) is 23.2 Å². The van der Waals surface area contributed by atoms with Crippen molar-refractivity contribution in [1.82, 2.24) is 14.6 Å². The smallest absolute Gasteiger partial charge is 0.335 e. The monoisotopic (exact) mass is 645 g/mol. The Hall–Kier alpha value is -1.45. The molecule has 1 saturated carbocycles. The second-order valence-corrected chi connectivity index (χ2v) is 16.1. The summed E-state index contributed by atoms with van der Waals surface area (Å²) >= 11 is 13.8. The average molecular weight is 647 g/mol. The van der Waals surface area contributed by atoms with Gasteiger partial charge < -0.3 is 4.90 Å². The molecule has 1 spiro atoms. The maximum Gasteiger partial charge on any atom is 0.404 e. The third kappa shape index (κ3) is 5.56. The number of sulfonamides is 1. The van der Waals surface area contributed by atoms with E-state index in [2.05, 4.69) is 4.98 Å². The summed E-state index contributed by atoms with van der Waals surface area (Å²) in [5.41, 5.74) is 0.548. The molecule has 3 aliphatic rings. The van der Waals surface area contributed by atoms with Crippen molar-refractivity contribution >= 4 is 60.3 Å². The molecule has 2 aliphatic heterocycles. The Labute approximate surface area is 237 Å². The molecule has 8 nitrogen and oxygen atoms in total. The Morgan fingerprint density at radius 3 is 2.41 bits per heavy atom. The van der Waals surface area contributed by atoms with E-state index in [1.165, 1.54) is 6.07 Å². The third-order valence-electron chi connectivity index (χ3n) is 7.38. The van der Waals surface area contributed by atoms with E-state index >= 15 is 0 Å². The SMILES string of the molecule is C[C@H](NS(=O)(=O)c1ccc(-c2sc(C(=O)N3CC4(C3)CS(=O)(=O)C4)nc2CC2CCC2)c(Cl)c1Cl)C(F)(F)F. The summed E-state index contributed by atoms with van der Waals surface area (Å²) in [6, 6.07) is 0.0895. The molecule has 2 aromatic rings. The number of carbonyl (C=O) groups excluding carboxylic acids is 1. The Bertz CT molecular complexity index is 1540. The molecule has 1 aromatic heterocycles. The van der Waals surface area contributed by atoms with Gasteiger partial charge in [-0.1, -0.05) is 48.5 Å². The lowest BCUT2D eigenvalue weighted by atomic mass is 9.82. The van der Waals surface area contributed by atoms with Crippen molar-refractivity contribution in [3.63, 3.8) is 0 Å². The van der Waals surface area contributed by atoms with Crippen molar-refractivity contribution in [2.45, 2.75) is 49.7 Å². The van der Waals surface area contributed by atoms with Gasteiger partial charge in [0, 0.05) is 24.1 Å². The molecule has 1 amide bonds. The Kier molecular flexibility index (Phi) is 7.32. The maximum atomic E-state index is 13.2. The van der Waals surface area contributed by atoms with Crippen molar-refractivity contribution in [1.29, 1.82) is 0 Å². The lowest BCUT2D eigenvalue weighted by Crippen LogP contribution is -2.69. The molecule has 1 aliphatic carbocycles. The predicted octanol–water partition coefficient (Wildman–Crippen LogP) is 4.56. The number of rotatable bonds is 7. The number of amides is 1. The van der Waals surface area contributed by atoms with Crippen LogP contribution < -0.4 is 4.72 Å². The Morgan fingerprint density at radius 2 is 1.87 bits per heavy atom. The molecule has 1 aromatic carbocycles. The topological polar surface area (TPSA) is 114 Å². The minimum atomic E-state index is -4.80. The number of thiazole rings is 1. The quantitative estimate of drug-likeness (QED) is 0.472. The third-order valence-corrected chi connectivity index (χ3v) is 13.2. The van der Waals surface area contributed by atoms with E-state index in [1.54, 1.807) is 9.62 Å². The highest BCUT2D eigenvalue weighted by Crippen LogP contribution is 2.45. The van der Waals surface area contributed by atoms with E-state index in [0.29, 0.717) is 48.5 Å². The van der Waals surface area contributed by atoms with Crippen LogP contribution in [0.5, 0.6) is 0 Å². The largest absolute Gasteiger partial charge is 0.404 e. The van der Waals surface area contributed by atoms with Crippen LogP contribution in [0.4, 0.5) is 13.2 Å². The first-order valence-corrected chi connectivity index (χ1v) is 16.9. The first-order valence-electron chi connectivity index (χ1n) is 12.1. The van der Waals surface area contributed by atoms with Crippen molar-refractivity contribution in [2.24, 2.45) is 11.3 Å². The zero-order chi connectivity index (χ0) is 28.5. The van der Waals surface area contributed by atoms with E-state index in [0.717, 1.165) is 36.7 Å². The molecule has 1 N–H and O–H groups in total. The molecule has 0 bridgehead atoms. The van der Waals surface area contributed by atoms with Gasteiger partial charge in [0.2, 0.25) is 10.0 Å². The summed E-state index contributed by atoms with van der Waals surface area (Å²) in [4.78, 5) is 19.3. The van der Waals surface area contributed by atoms with Crippen LogP contribution in [-0.4, -0.2) is 69.4 Å². The van der Waals surface area contributed by atoms with Crippen LogP contribution >= 0.6 is 34.5 Å². The van der Waals surface area contributed by atoms with Crippen LogP contribution in [0.1, 0.15) is 41.7 Å². The summed E-state index contributed by atoms with van der Waals surface area (Å²) in [6.07, 6.45) is -1.15. The highest BCUT2D eigenvalue weighted by Gasteiger charge is 2.57. The van der Waals surface area contributed by atoms with E-state index in [-0.39, 0.29) is 32.9 Å². The minimum Gasteiger partial charge on any atom is -0.335 e. The molecule has 0 radical (unpaired) electrons. The summed E-state index contributed by atoms with van der Waals surface area (Å²) in [6.45, 7) is 1.34. The number of likely N-dealkylation sites (tertiary alicyclic amines) is 1. The van der Waals surface area contributed by atoms with Crippen molar-refractivity contribution in [3.05, 3.63) is 32.9 Å². The molecule has 0 unspecified atom stereocenters. The Balaban J connectivity index is 1.44. The predicted molar refractivity (Wildman–Crippen MR) is 141 cm³/mol. The number of alkyl halides is 3. The fourth-order valence-corrected chi connectivity index (χ4v) is 10.5. The summed E-state index contributed by atoms with van der Waals surface area (Å²) in [7, 11) is -7.68. The van der Waals surface area contributed by atoms with Gasteiger partial charge >= 0.3 is 6.18 Å². The van der Waals surface area contributed by atoms with Gasteiger partial charge in [-0.25, -0.2) is 21.8 Å². The fraction of sp³-hybridized carbons (Fsp3) is 0.565. The van der Waals surface area contributed by atoms with Gasteiger partial charge in [-0.2, -0.15) is 17.9 Å². The van der Waals surface area contributed by atoms with Gasteiger partial charge in [-0.05, 0) is 25.3 Å². The van der Waals surface area contributed by atoms with E-state index < -0.39 is 42.0 Å². The molecular weight excluding hydrogens is 622 g/mol. The standard InChI is InChI=1S/C23H24Cl2F3N3O5S3/c1-12(23(26,27)28)30-39(35,36)16-6-5-14(17(24)18(16)25)19-15(7-13-3-2-4-13)29-20(37-19)21(32)31-8-22(9-31)10-38(33,34)11-22/h5-6,12-13,30H,2-4,7-11H2,1H3/t12-/m0/s1. The second-order valence-electron chi connectivity index (χ2n) is 10.6.